The van der Waals surface area contributed by atoms with Crippen molar-refractivity contribution in [3.8, 4) is 11.5 Å². The molecule has 1 aliphatic heterocycles. The molecule has 1 aromatic carbocycles. The number of halogens is 1. The molecule has 124 valence electrons. The van der Waals surface area contributed by atoms with E-state index in [9.17, 15) is 0 Å². The molecule has 23 heavy (non-hydrogen) atoms. The highest BCUT2D eigenvalue weighted by atomic mass is 35.5. The first-order chi connectivity index (χ1) is 11.2. The molecule has 2 aromatic rings. The highest BCUT2D eigenvalue weighted by Crippen LogP contribution is 2.34. The van der Waals surface area contributed by atoms with E-state index in [1.165, 1.54) is 11.4 Å². The maximum Gasteiger partial charge on any atom is 0.162 e. The smallest absolute Gasteiger partial charge is 0.162 e. The normalized spacial score (nSPS) is 14.6. The Morgan fingerprint density at radius 3 is 3.00 bits per heavy atom. The molecule has 0 fully saturated rings. The molecule has 0 saturated heterocycles. The molecule has 0 unspecified atom stereocenters. The number of hydrogen-bond acceptors (Lipinski definition) is 4. The molecular weight excluding hydrogens is 314 g/mol. The molecule has 6 heteroatoms. The van der Waals surface area contributed by atoms with E-state index in [4.69, 9.17) is 21.1 Å². The molecule has 0 bridgehead atoms. The number of nitrogens with one attached hydrogen (secondary N) is 1. The maximum atomic E-state index is 6.45. The van der Waals surface area contributed by atoms with Crippen molar-refractivity contribution in [2.45, 2.75) is 32.9 Å². The quantitative estimate of drug-likeness (QED) is 0.878. The molecule has 0 saturated carbocycles. The van der Waals surface area contributed by atoms with Crippen molar-refractivity contribution in [3.05, 3.63) is 40.4 Å². The Kier molecular flexibility index (Phi) is 5.08. The summed E-state index contributed by atoms with van der Waals surface area (Å²) in [4.78, 5) is 9.91. The summed E-state index contributed by atoms with van der Waals surface area (Å²) < 4.78 is 11.2. The fourth-order valence-electron chi connectivity index (χ4n) is 2.83. The lowest BCUT2D eigenvalue weighted by Gasteiger charge is -2.26. The summed E-state index contributed by atoms with van der Waals surface area (Å²) >= 11 is 6.45. The number of ether oxygens (including phenoxy) is 2. The van der Waals surface area contributed by atoms with Crippen molar-refractivity contribution >= 4 is 11.6 Å². The van der Waals surface area contributed by atoms with Crippen LogP contribution in [0, 0.1) is 0 Å². The number of imidazole rings is 1. The summed E-state index contributed by atoms with van der Waals surface area (Å²) in [5.74, 6) is 1.44. The van der Waals surface area contributed by atoms with Crippen molar-refractivity contribution in [1.82, 2.24) is 14.9 Å². The Balaban J connectivity index is 1.75. The number of methoxy groups -OCH3 is 1. The van der Waals surface area contributed by atoms with Crippen molar-refractivity contribution in [3.63, 3.8) is 0 Å². The molecule has 2 heterocycles. The first-order valence-electron chi connectivity index (χ1n) is 7.94. The lowest BCUT2D eigenvalue weighted by atomic mass is 10.1. The molecule has 5 nitrogen and oxygen atoms in total. The molecule has 0 spiro atoms. The van der Waals surface area contributed by atoms with Gasteiger partial charge in [0.15, 0.2) is 11.5 Å². The molecule has 3 rings (SSSR count). The van der Waals surface area contributed by atoms with Crippen LogP contribution in [0.5, 0.6) is 11.5 Å². The van der Waals surface area contributed by atoms with Gasteiger partial charge in [-0.3, -0.25) is 4.90 Å². The molecule has 0 radical (unpaired) electrons. The average Bonchev–Trinajstić information content (AvgIpc) is 3.02. The van der Waals surface area contributed by atoms with Gasteiger partial charge in [0.05, 0.1) is 31.4 Å². The minimum Gasteiger partial charge on any atom is -0.493 e. The molecule has 1 aliphatic rings. The van der Waals surface area contributed by atoms with Crippen molar-refractivity contribution in [2.75, 3.05) is 20.3 Å². The SMILES string of the molecule is CCCOc1cc(Cl)c(CN2CCc3nc[nH]c3C2)cc1OC. The van der Waals surface area contributed by atoms with E-state index < -0.39 is 0 Å². The fraction of sp³-hybridized carbons (Fsp3) is 0.471. The van der Waals surface area contributed by atoms with E-state index >= 15 is 0 Å². The van der Waals surface area contributed by atoms with Gasteiger partial charge in [-0.1, -0.05) is 18.5 Å². The molecule has 1 N–H and O–H groups in total. The van der Waals surface area contributed by atoms with Gasteiger partial charge < -0.3 is 14.5 Å². The van der Waals surface area contributed by atoms with Crippen LogP contribution in [0.1, 0.15) is 30.3 Å². The second kappa shape index (κ2) is 7.23. The molecule has 1 aromatic heterocycles. The summed E-state index contributed by atoms with van der Waals surface area (Å²) in [5, 5.41) is 0.715. The number of benzene rings is 1. The van der Waals surface area contributed by atoms with Gasteiger partial charge in [0, 0.05) is 37.1 Å². The van der Waals surface area contributed by atoms with Gasteiger partial charge in [0.1, 0.15) is 0 Å². The van der Waals surface area contributed by atoms with Crippen molar-refractivity contribution in [1.29, 1.82) is 0 Å². The van der Waals surface area contributed by atoms with Crippen molar-refractivity contribution < 1.29 is 9.47 Å². The number of aromatic amines is 1. The molecule has 0 amide bonds. The third kappa shape index (κ3) is 3.62. The van der Waals surface area contributed by atoms with Crippen LogP contribution in [0.25, 0.3) is 0 Å². The minimum atomic E-state index is 0.654. The molecular formula is C17H22ClN3O2. The third-order valence-corrected chi connectivity index (χ3v) is 4.39. The van der Waals surface area contributed by atoms with Crippen LogP contribution in [0.4, 0.5) is 0 Å². The Labute approximate surface area is 141 Å². The van der Waals surface area contributed by atoms with E-state index in [1.54, 1.807) is 13.4 Å². The summed E-state index contributed by atoms with van der Waals surface area (Å²) in [7, 11) is 1.66. The van der Waals surface area contributed by atoms with Gasteiger partial charge in [-0.25, -0.2) is 4.98 Å². The zero-order valence-electron chi connectivity index (χ0n) is 13.6. The van der Waals surface area contributed by atoms with Crippen LogP contribution >= 0.6 is 11.6 Å². The first kappa shape index (κ1) is 16.1. The average molecular weight is 336 g/mol. The van der Waals surface area contributed by atoms with Gasteiger partial charge in [0.25, 0.3) is 0 Å². The second-order valence-electron chi connectivity index (χ2n) is 5.73. The number of fused-ring (bicyclic) bond motifs is 1. The third-order valence-electron chi connectivity index (χ3n) is 4.04. The number of rotatable bonds is 6. The van der Waals surface area contributed by atoms with Crippen LogP contribution in [0.2, 0.25) is 5.02 Å². The number of hydrogen-bond donors (Lipinski definition) is 1. The van der Waals surface area contributed by atoms with E-state index in [1.807, 2.05) is 12.1 Å². The Hall–Kier alpha value is -1.72. The monoisotopic (exact) mass is 335 g/mol. The Morgan fingerprint density at radius 1 is 1.35 bits per heavy atom. The summed E-state index contributed by atoms with van der Waals surface area (Å²) in [6.45, 7) is 5.34. The predicted octanol–water partition coefficient (Wildman–Crippen LogP) is 3.42. The van der Waals surface area contributed by atoms with Crippen LogP contribution < -0.4 is 9.47 Å². The second-order valence-corrected chi connectivity index (χ2v) is 6.14. The lowest BCUT2D eigenvalue weighted by Crippen LogP contribution is -2.30. The highest BCUT2D eigenvalue weighted by Gasteiger charge is 2.20. The summed E-state index contributed by atoms with van der Waals surface area (Å²) in [6, 6.07) is 3.84. The van der Waals surface area contributed by atoms with E-state index in [2.05, 4.69) is 21.8 Å². The summed E-state index contributed by atoms with van der Waals surface area (Å²) in [6.07, 6.45) is 3.68. The zero-order valence-corrected chi connectivity index (χ0v) is 14.3. The number of aromatic nitrogens is 2. The first-order valence-corrected chi connectivity index (χ1v) is 8.31. The van der Waals surface area contributed by atoms with Crippen LogP contribution in [-0.2, 0) is 19.5 Å². The van der Waals surface area contributed by atoms with Gasteiger partial charge in [-0.2, -0.15) is 0 Å². The van der Waals surface area contributed by atoms with Crippen LogP contribution in [0.15, 0.2) is 18.5 Å². The zero-order chi connectivity index (χ0) is 16.2. The van der Waals surface area contributed by atoms with E-state index in [0.717, 1.165) is 43.8 Å². The van der Waals surface area contributed by atoms with Gasteiger partial charge in [0.2, 0.25) is 0 Å². The topological polar surface area (TPSA) is 50.4 Å². The van der Waals surface area contributed by atoms with E-state index in [-0.39, 0.29) is 0 Å². The summed E-state index contributed by atoms with van der Waals surface area (Å²) in [5.41, 5.74) is 3.42. The van der Waals surface area contributed by atoms with Gasteiger partial charge in [-0.15, -0.1) is 0 Å². The van der Waals surface area contributed by atoms with Crippen LogP contribution in [-0.4, -0.2) is 35.1 Å². The highest BCUT2D eigenvalue weighted by molar-refractivity contribution is 6.31. The minimum absolute atomic E-state index is 0.654. The van der Waals surface area contributed by atoms with Crippen LogP contribution in [0.3, 0.4) is 0 Å². The standard InChI is InChI=1S/C17H22ClN3O2/c1-3-6-23-17-8-13(18)12(7-16(17)22-2)9-21-5-4-14-15(10-21)20-11-19-14/h7-8,11H,3-6,9-10H2,1-2H3,(H,19,20). The van der Waals surface area contributed by atoms with E-state index in [0.29, 0.717) is 17.4 Å². The number of H-pyrrole nitrogens is 1. The molecule has 0 aliphatic carbocycles. The predicted molar refractivity (Wildman–Crippen MR) is 90.2 cm³/mol. The van der Waals surface area contributed by atoms with Gasteiger partial charge in [-0.05, 0) is 18.1 Å². The van der Waals surface area contributed by atoms with Crippen molar-refractivity contribution in [2.24, 2.45) is 0 Å². The maximum absolute atomic E-state index is 6.45. The fourth-order valence-corrected chi connectivity index (χ4v) is 3.04. The van der Waals surface area contributed by atoms with Gasteiger partial charge >= 0.3 is 0 Å². The Bertz CT molecular complexity index is 672. The Morgan fingerprint density at radius 2 is 2.22 bits per heavy atom. The number of nitrogens with zero attached hydrogens (tertiary/aromatic N) is 2. The molecule has 0 atom stereocenters. The largest absolute Gasteiger partial charge is 0.493 e. The lowest BCUT2D eigenvalue weighted by molar-refractivity contribution is 0.240.